The normalized spacial score (nSPS) is 30.4. The third kappa shape index (κ3) is 2.10. The fraction of sp³-hybridized carbons (Fsp3) is 0.421. The summed E-state index contributed by atoms with van der Waals surface area (Å²) in [6, 6.07) is 8.12. The van der Waals surface area contributed by atoms with Crippen molar-refractivity contribution in [3.63, 3.8) is 0 Å². The van der Waals surface area contributed by atoms with Crippen molar-refractivity contribution in [3.8, 4) is 0 Å². The monoisotopic (exact) mass is 337 g/mol. The van der Waals surface area contributed by atoms with E-state index < -0.39 is 0 Å². The van der Waals surface area contributed by atoms with Crippen molar-refractivity contribution in [2.24, 2.45) is 11.8 Å². The van der Waals surface area contributed by atoms with E-state index >= 15 is 0 Å². The highest BCUT2D eigenvalue weighted by molar-refractivity contribution is 6.22. The molecule has 0 unspecified atom stereocenters. The molecule has 0 N–H and O–H groups in total. The number of amides is 2. The standard InChI is InChI=1S/C19H19N3O3/c1-11-4-2-3-5-12(11)9-21-10-13(8-20-21)22-18(23)16-14-6-7-15(25-14)17(16)19(22)24/h2-5,8,10,14-17H,6-7,9H2,1H3/t14-,15+,16-,17+. The second-order valence-corrected chi connectivity index (χ2v) is 7.18. The molecular formula is C19H19N3O3. The maximum Gasteiger partial charge on any atom is 0.240 e. The zero-order chi connectivity index (χ0) is 17.1. The van der Waals surface area contributed by atoms with Crippen molar-refractivity contribution < 1.29 is 14.3 Å². The Morgan fingerprint density at radius 2 is 1.80 bits per heavy atom. The molecule has 2 aromatic rings. The first kappa shape index (κ1) is 14.8. The predicted molar refractivity (Wildman–Crippen MR) is 89.9 cm³/mol. The Labute approximate surface area is 145 Å². The van der Waals surface area contributed by atoms with Crippen molar-refractivity contribution in [2.45, 2.75) is 38.5 Å². The van der Waals surface area contributed by atoms with Crippen molar-refractivity contribution in [1.29, 1.82) is 0 Å². The molecule has 3 fully saturated rings. The van der Waals surface area contributed by atoms with Crippen LogP contribution in [-0.4, -0.2) is 33.8 Å². The van der Waals surface area contributed by atoms with Gasteiger partial charge in [-0.2, -0.15) is 5.10 Å². The van der Waals surface area contributed by atoms with Gasteiger partial charge in [-0.15, -0.1) is 0 Å². The van der Waals surface area contributed by atoms with Crippen LogP contribution < -0.4 is 4.90 Å². The first-order valence-electron chi connectivity index (χ1n) is 8.74. The van der Waals surface area contributed by atoms with Crippen LogP contribution in [0.25, 0.3) is 0 Å². The third-order valence-corrected chi connectivity index (χ3v) is 5.76. The first-order valence-corrected chi connectivity index (χ1v) is 8.74. The van der Waals surface area contributed by atoms with Crippen LogP contribution in [0.4, 0.5) is 5.69 Å². The lowest BCUT2D eigenvalue weighted by Gasteiger charge is -2.15. The average Bonchev–Trinajstić information content (AvgIpc) is 3.35. The van der Waals surface area contributed by atoms with Crippen molar-refractivity contribution in [2.75, 3.05) is 4.90 Å². The number of ether oxygens (including phenoxy) is 1. The van der Waals surface area contributed by atoms with E-state index in [2.05, 4.69) is 24.2 Å². The second-order valence-electron chi connectivity index (χ2n) is 7.18. The quantitative estimate of drug-likeness (QED) is 0.803. The number of rotatable bonds is 3. The summed E-state index contributed by atoms with van der Waals surface area (Å²) in [7, 11) is 0. The molecule has 128 valence electrons. The molecule has 1 aromatic carbocycles. The number of benzene rings is 1. The van der Waals surface area contributed by atoms with Crippen molar-refractivity contribution in [3.05, 3.63) is 47.8 Å². The molecule has 4 atom stereocenters. The number of fused-ring (bicyclic) bond motifs is 5. The molecule has 3 aliphatic rings. The van der Waals surface area contributed by atoms with Gasteiger partial charge in [0.05, 0.1) is 42.5 Å². The van der Waals surface area contributed by atoms with Gasteiger partial charge in [-0.05, 0) is 30.9 Å². The summed E-state index contributed by atoms with van der Waals surface area (Å²) >= 11 is 0. The highest BCUT2D eigenvalue weighted by atomic mass is 16.5. The topological polar surface area (TPSA) is 64.4 Å². The number of carbonyl (C=O) groups is 2. The summed E-state index contributed by atoms with van der Waals surface area (Å²) in [4.78, 5) is 26.9. The van der Waals surface area contributed by atoms with Gasteiger partial charge in [-0.3, -0.25) is 14.3 Å². The van der Waals surface area contributed by atoms with E-state index in [9.17, 15) is 9.59 Å². The number of carbonyl (C=O) groups excluding carboxylic acids is 2. The minimum absolute atomic E-state index is 0.0848. The maximum atomic E-state index is 12.8. The molecule has 2 amide bonds. The average molecular weight is 337 g/mol. The number of nitrogens with zero attached hydrogens (tertiary/aromatic N) is 3. The molecule has 25 heavy (non-hydrogen) atoms. The molecule has 6 heteroatoms. The Balaban J connectivity index is 1.41. The van der Waals surface area contributed by atoms with Crippen molar-refractivity contribution in [1.82, 2.24) is 9.78 Å². The number of aryl methyl sites for hydroxylation is 1. The number of hydrogen-bond acceptors (Lipinski definition) is 4. The van der Waals surface area contributed by atoms with Gasteiger partial charge in [-0.1, -0.05) is 24.3 Å². The summed E-state index contributed by atoms with van der Waals surface area (Å²) < 4.78 is 7.55. The number of imide groups is 1. The molecule has 3 saturated heterocycles. The fourth-order valence-corrected chi connectivity index (χ4v) is 4.48. The predicted octanol–water partition coefficient (Wildman–Crippen LogP) is 1.91. The number of aromatic nitrogens is 2. The van der Waals surface area contributed by atoms with Crippen LogP contribution in [0.1, 0.15) is 24.0 Å². The maximum absolute atomic E-state index is 12.8. The highest BCUT2D eigenvalue weighted by Gasteiger charge is 2.62. The molecule has 2 bridgehead atoms. The van der Waals surface area contributed by atoms with Gasteiger partial charge in [0.2, 0.25) is 11.8 Å². The van der Waals surface area contributed by atoms with Gasteiger partial charge in [-0.25, -0.2) is 4.90 Å². The largest absolute Gasteiger partial charge is 0.373 e. The van der Waals surface area contributed by atoms with Gasteiger partial charge in [0.1, 0.15) is 0 Å². The minimum atomic E-state index is -0.300. The van der Waals surface area contributed by atoms with E-state index in [1.165, 1.54) is 16.0 Å². The van der Waals surface area contributed by atoms with E-state index in [-0.39, 0.29) is 35.9 Å². The van der Waals surface area contributed by atoms with Gasteiger partial charge >= 0.3 is 0 Å². The van der Waals surface area contributed by atoms with Gasteiger partial charge in [0, 0.05) is 6.20 Å². The third-order valence-electron chi connectivity index (χ3n) is 5.76. The molecule has 3 aliphatic heterocycles. The lowest BCUT2D eigenvalue weighted by atomic mass is 9.81. The minimum Gasteiger partial charge on any atom is -0.373 e. The van der Waals surface area contributed by atoms with E-state index in [4.69, 9.17) is 4.74 Å². The second kappa shape index (κ2) is 5.26. The number of anilines is 1. The zero-order valence-electron chi connectivity index (χ0n) is 14.0. The Morgan fingerprint density at radius 3 is 2.48 bits per heavy atom. The Bertz CT molecular complexity index is 846. The molecule has 0 aliphatic carbocycles. The Hall–Kier alpha value is -2.47. The van der Waals surface area contributed by atoms with Crippen LogP contribution in [0.2, 0.25) is 0 Å². The van der Waals surface area contributed by atoms with E-state index in [1.54, 1.807) is 17.1 Å². The molecule has 5 rings (SSSR count). The zero-order valence-corrected chi connectivity index (χ0v) is 14.0. The molecule has 0 radical (unpaired) electrons. The van der Waals surface area contributed by atoms with Gasteiger partial charge in [0.15, 0.2) is 0 Å². The van der Waals surface area contributed by atoms with Crippen LogP contribution in [0.5, 0.6) is 0 Å². The molecule has 4 heterocycles. The molecular weight excluding hydrogens is 318 g/mol. The van der Waals surface area contributed by atoms with Gasteiger partial charge in [0.25, 0.3) is 0 Å². The van der Waals surface area contributed by atoms with Crippen LogP contribution in [0.3, 0.4) is 0 Å². The summed E-state index contributed by atoms with van der Waals surface area (Å²) in [5.74, 6) is -0.854. The van der Waals surface area contributed by atoms with E-state index in [0.29, 0.717) is 12.2 Å². The molecule has 0 spiro atoms. The van der Waals surface area contributed by atoms with E-state index in [0.717, 1.165) is 12.8 Å². The number of hydrogen-bond donors (Lipinski definition) is 0. The fourth-order valence-electron chi connectivity index (χ4n) is 4.48. The van der Waals surface area contributed by atoms with Crippen LogP contribution in [-0.2, 0) is 20.9 Å². The molecule has 0 saturated carbocycles. The van der Waals surface area contributed by atoms with Crippen molar-refractivity contribution >= 4 is 17.5 Å². The summed E-state index contributed by atoms with van der Waals surface area (Å²) in [5.41, 5.74) is 2.92. The Kier molecular flexibility index (Phi) is 3.12. The van der Waals surface area contributed by atoms with Gasteiger partial charge < -0.3 is 4.74 Å². The summed E-state index contributed by atoms with van der Waals surface area (Å²) in [5, 5.41) is 4.35. The molecule has 1 aromatic heterocycles. The first-order chi connectivity index (χ1) is 12.1. The SMILES string of the molecule is Cc1ccccc1Cn1cc(N2C(=O)[C@@H]3[C@H](C2=O)[C@H]2CC[C@@H]3O2)cn1. The summed E-state index contributed by atoms with van der Waals surface area (Å²) in [6.45, 7) is 2.67. The van der Waals surface area contributed by atoms with Crippen LogP contribution in [0.15, 0.2) is 36.7 Å². The van der Waals surface area contributed by atoms with Crippen LogP contribution in [0, 0.1) is 18.8 Å². The Morgan fingerprint density at radius 1 is 1.12 bits per heavy atom. The lowest BCUT2D eigenvalue weighted by Crippen LogP contribution is -2.34. The van der Waals surface area contributed by atoms with E-state index in [1.807, 2.05) is 12.1 Å². The smallest absolute Gasteiger partial charge is 0.240 e. The lowest BCUT2D eigenvalue weighted by molar-refractivity contribution is -0.124. The highest BCUT2D eigenvalue weighted by Crippen LogP contribution is 2.49. The summed E-state index contributed by atoms with van der Waals surface area (Å²) in [6.07, 6.45) is 4.98. The van der Waals surface area contributed by atoms with Crippen LogP contribution >= 0.6 is 0 Å². The molecule has 6 nitrogen and oxygen atoms in total.